The van der Waals surface area contributed by atoms with E-state index in [-0.39, 0.29) is 5.91 Å². The predicted molar refractivity (Wildman–Crippen MR) is 72.9 cm³/mol. The number of aromatic nitrogens is 1. The number of anilines is 1. The highest BCUT2D eigenvalue weighted by molar-refractivity contribution is 5.73. The van der Waals surface area contributed by atoms with Crippen LogP contribution in [0.4, 0.5) is 5.69 Å². The summed E-state index contributed by atoms with van der Waals surface area (Å²) in [5.74, 6) is 0.547. The highest BCUT2D eigenvalue weighted by atomic mass is 16.2. The molecule has 4 heteroatoms. The number of hydrogen-bond donors (Lipinski definition) is 0. The fourth-order valence-corrected chi connectivity index (χ4v) is 2.43. The van der Waals surface area contributed by atoms with Crippen molar-refractivity contribution in [1.29, 1.82) is 0 Å². The molecular weight excluding hydrogens is 226 g/mol. The number of aryl methyl sites for hydroxylation is 1. The average molecular weight is 247 g/mol. The summed E-state index contributed by atoms with van der Waals surface area (Å²) < 4.78 is 0. The number of nitrogens with zero attached hydrogens (tertiary/aromatic N) is 3. The molecule has 0 aliphatic carbocycles. The monoisotopic (exact) mass is 247 g/mol. The molecule has 4 nitrogen and oxygen atoms in total. The van der Waals surface area contributed by atoms with Gasteiger partial charge >= 0.3 is 0 Å². The van der Waals surface area contributed by atoms with E-state index < -0.39 is 0 Å². The first-order valence-electron chi connectivity index (χ1n) is 6.39. The number of pyridine rings is 1. The molecule has 1 saturated heterocycles. The number of hydrogen-bond acceptors (Lipinski definition) is 3. The Morgan fingerprint density at radius 1 is 1.44 bits per heavy atom. The summed E-state index contributed by atoms with van der Waals surface area (Å²) in [5.41, 5.74) is 3.33. The van der Waals surface area contributed by atoms with Crippen molar-refractivity contribution in [2.75, 3.05) is 32.1 Å². The quantitative estimate of drug-likeness (QED) is 0.799. The summed E-state index contributed by atoms with van der Waals surface area (Å²) in [4.78, 5) is 20.0. The van der Waals surface area contributed by atoms with Crippen molar-refractivity contribution < 1.29 is 4.79 Å². The van der Waals surface area contributed by atoms with Gasteiger partial charge in [-0.05, 0) is 25.5 Å². The first kappa shape index (κ1) is 12.9. The second kappa shape index (κ2) is 4.96. The summed E-state index contributed by atoms with van der Waals surface area (Å²) in [7, 11) is 4.07. The zero-order valence-corrected chi connectivity index (χ0v) is 11.6. The second-order valence-electron chi connectivity index (χ2n) is 5.24. The van der Waals surface area contributed by atoms with Gasteiger partial charge in [-0.15, -0.1) is 0 Å². The molecular formula is C14H21N3O. The van der Waals surface area contributed by atoms with Gasteiger partial charge in [0, 0.05) is 57.1 Å². The fourth-order valence-electron chi connectivity index (χ4n) is 2.43. The van der Waals surface area contributed by atoms with E-state index in [9.17, 15) is 4.79 Å². The van der Waals surface area contributed by atoms with Crippen LogP contribution in [0.3, 0.4) is 0 Å². The van der Waals surface area contributed by atoms with Crippen LogP contribution in [0.15, 0.2) is 12.1 Å². The molecule has 1 atom stereocenters. The normalized spacial score (nSPS) is 19.1. The maximum atomic E-state index is 11.4. The average Bonchev–Trinajstić information content (AvgIpc) is 2.77. The number of likely N-dealkylation sites (tertiary alicyclic amines) is 1. The molecule has 2 rings (SSSR count). The number of carbonyl (C=O) groups excluding carboxylic acids is 1. The van der Waals surface area contributed by atoms with Gasteiger partial charge in [-0.2, -0.15) is 0 Å². The van der Waals surface area contributed by atoms with Crippen molar-refractivity contribution in [3.05, 3.63) is 23.5 Å². The molecule has 0 aromatic carbocycles. The molecule has 1 aliphatic heterocycles. The van der Waals surface area contributed by atoms with Gasteiger partial charge in [0.15, 0.2) is 0 Å². The highest BCUT2D eigenvalue weighted by Crippen LogP contribution is 2.28. The van der Waals surface area contributed by atoms with Gasteiger partial charge in [0.2, 0.25) is 5.91 Å². The van der Waals surface area contributed by atoms with Gasteiger partial charge in [-0.1, -0.05) is 0 Å². The zero-order chi connectivity index (χ0) is 13.3. The molecule has 1 unspecified atom stereocenters. The van der Waals surface area contributed by atoms with Gasteiger partial charge in [0.1, 0.15) is 0 Å². The first-order valence-corrected chi connectivity index (χ1v) is 6.39. The summed E-state index contributed by atoms with van der Waals surface area (Å²) in [6.07, 6.45) is 1.02. The molecule has 0 saturated carbocycles. The Balaban J connectivity index is 2.21. The topological polar surface area (TPSA) is 36.4 Å². The number of carbonyl (C=O) groups is 1. The maximum Gasteiger partial charge on any atom is 0.219 e. The van der Waals surface area contributed by atoms with E-state index in [0.29, 0.717) is 5.92 Å². The van der Waals surface area contributed by atoms with Crippen LogP contribution in [-0.4, -0.2) is 43.0 Å². The van der Waals surface area contributed by atoms with E-state index in [2.05, 4.69) is 22.0 Å². The summed E-state index contributed by atoms with van der Waals surface area (Å²) in [5, 5.41) is 0. The van der Waals surface area contributed by atoms with Crippen LogP contribution in [0.2, 0.25) is 0 Å². The molecule has 1 aliphatic rings. The third-order valence-electron chi connectivity index (χ3n) is 3.53. The smallest absolute Gasteiger partial charge is 0.219 e. The van der Waals surface area contributed by atoms with Crippen LogP contribution in [0.25, 0.3) is 0 Å². The standard InChI is InChI=1S/C14H21N3O/c1-10-7-13(16(3)4)8-14(15-10)12-5-6-17(9-12)11(2)18/h7-8,12H,5-6,9H2,1-4H3. The van der Waals surface area contributed by atoms with Crippen LogP contribution in [0, 0.1) is 6.92 Å². The van der Waals surface area contributed by atoms with E-state index in [0.717, 1.165) is 30.9 Å². The van der Waals surface area contributed by atoms with Crippen LogP contribution in [0.1, 0.15) is 30.7 Å². The van der Waals surface area contributed by atoms with Gasteiger partial charge in [0.25, 0.3) is 0 Å². The lowest BCUT2D eigenvalue weighted by Crippen LogP contribution is -2.25. The molecule has 0 spiro atoms. The molecule has 98 valence electrons. The van der Waals surface area contributed by atoms with Crippen LogP contribution in [-0.2, 0) is 4.79 Å². The minimum absolute atomic E-state index is 0.165. The Hall–Kier alpha value is -1.58. The van der Waals surface area contributed by atoms with Crippen molar-refractivity contribution in [1.82, 2.24) is 9.88 Å². The molecule has 1 aromatic rings. The molecule has 1 amide bonds. The van der Waals surface area contributed by atoms with E-state index in [1.165, 1.54) is 5.69 Å². The van der Waals surface area contributed by atoms with Crippen LogP contribution in [0.5, 0.6) is 0 Å². The van der Waals surface area contributed by atoms with Crippen molar-refractivity contribution in [3.8, 4) is 0 Å². The van der Waals surface area contributed by atoms with Gasteiger partial charge in [-0.3, -0.25) is 9.78 Å². The van der Waals surface area contributed by atoms with E-state index in [1.807, 2.05) is 25.9 Å². The Labute approximate surface area is 109 Å². The SMILES string of the molecule is CC(=O)N1CCC(c2cc(N(C)C)cc(C)n2)C1. The molecule has 1 aromatic heterocycles. The minimum atomic E-state index is 0.165. The highest BCUT2D eigenvalue weighted by Gasteiger charge is 2.26. The second-order valence-corrected chi connectivity index (χ2v) is 5.24. The lowest BCUT2D eigenvalue weighted by Gasteiger charge is -2.17. The summed E-state index contributed by atoms with van der Waals surface area (Å²) >= 11 is 0. The van der Waals surface area contributed by atoms with Gasteiger partial charge in [-0.25, -0.2) is 0 Å². The van der Waals surface area contributed by atoms with Crippen LogP contribution >= 0.6 is 0 Å². The predicted octanol–water partition coefficient (Wildman–Crippen LogP) is 1.79. The largest absolute Gasteiger partial charge is 0.378 e. The lowest BCUT2D eigenvalue weighted by atomic mass is 10.0. The summed E-state index contributed by atoms with van der Waals surface area (Å²) in [6, 6.07) is 4.22. The molecule has 1 fully saturated rings. The maximum absolute atomic E-state index is 11.4. The van der Waals surface area contributed by atoms with Crippen molar-refractivity contribution >= 4 is 11.6 Å². The molecule has 0 bridgehead atoms. The van der Waals surface area contributed by atoms with Crippen molar-refractivity contribution in [3.63, 3.8) is 0 Å². The molecule has 2 heterocycles. The Kier molecular flexibility index (Phi) is 3.55. The Bertz CT molecular complexity index is 456. The zero-order valence-electron chi connectivity index (χ0n) is 11.6. The van der Waals surface area contributed by atoms with E-state index in [4.69, 9.17) is 0 Å². The third-order valence-corrected chi connectivity index (χ3v) is 3.53. The van der Waals surface area contributed by atoms with E-state index in [1.54, 1.807) is 6.92 Å². The lowest BCUT2D eigenvalue weighted by molar-refractivity contribution is -0.127. The summed E-state index contributed by atoms with van der Waals surface area (Å²) in [6.45, 7) is 5.32. The minimum Gasteiger partial charge on any atom is -0.378 e. The van der Waals surface area contributed by atoms with Crippen LogP contribution < -0.4 is 4.90 Å². The molecule has 0 radical (unpaired) electrons. The Morgan fingerprint density at radius 3 is 2.72 bits per heavy atom. The van der Waals surface area contributed by atoms with Gasteiger partial charge in [0.05, 0.1) is 0 Å². The fraction of sp³-hybridized carbons (Fsp3) is 0.571. The van der Waals surface area contributed by atoms with E-state index >= 15 is 0 Å². The first-order chi connectivity index (χ1) is 8.47. The third kappa shape index (κ3) is 2.63. The van der Waals surface area contributed by atoms with Crippen molar-refractivity contribution in [2.45, 2.75) is 26.2 Å². The van der Waals surface area contributed by atoms with Crippen molar-refractivity contribution in [2.24, 2.45) is 0 Å². The Morgan fingerprint density at radius 2 is 2.17 bits per heavy atom. The molecule has 0 N–H and O–H groups in total. The number of amides is 1. The number of rotatable bonds is 2. The molecule has 18 heavy (non-hydrogen) atoms. The van der Waals surface area contributed by atoms with Gasteiger partial charge < -0.3 is 9.80 Å².